The molecule has 0 aromatic carbocycles. The Balaban J connectivity index is 1.56. The molecule has 0 aromatic heterocycles. The molecule has 0 bridgehead atoms. The fourth-order valence-corrected chi connectivity index (χ4v) is 8.35. The van der Waals surface area contributed by atoms with Crippen LogP contribution in [0.5, 0.6) is 0 Å². The second kappa shape index (κ2) is 8.47. The van der Waals surface area contributed by atoms with E-state index >= 15 is 0 Å². The zero-order chi connectivity index (χ0) is 22.6. The molecule has 0 aromatic rings. The number of allylic oxidation sites excluding steroid dienone is 3. The second-order valence-corrected chi connectivity index (χ2v) is 12.4. The van der Waals surface area contributed by atoms with Crippen molar-refractivity contribution in [2.75, 3.05) is 0 Å². The summed E-state index contributed by atoms with van der Waals surface area (Å²) >= 11 is 0. The smallest absolute Gasteiger partial charge is 0.182 e. The summed E-state index contributed by atoms with van der Waals surface area (Å²) in [4.78, 5) is 13.4. The Morgan fingerprint density at radius 3 is 2.52 bits per heavy atom. The van der Waals surface area contributed by atoms with Crippen LogP contribution in [0, 0.1) is 40.4 Å². The van der Waals surface area contributed by atoms with E-state index in [1.165, 1.54) is 55.2 Å². The molecular weight excluding hydrogens is 380 g/mol. The van der Waals surface area contributed by atoms with Gasteiger partial charge in [0.15, 0.2) is 5.78 Å². The minimum Gasteiger partial charge on any atom is -0.393 e. The van der Waals surface area contributed by atoms with Crippen molar-refractivity contribution in [2.45, 2.75) is 112 Å². The van der Waals surface area contributed by atoms with Crippen LogP contribution in [0.15, 0.2) is 22.8 Å². The Bertz CT molecular complexity index is 774. The molecule has 4 aliphatic rings. The predicted molar refractivity (Wildman–Crippen MR) is 129 cm³/mol. The van der Waals surface area contributed by atoms with Crippen molar-refractivity contribution < 1.29 is 9.90 Å². The first kappa shape index (κ1) is 23.3. The molecule has 2 nitrogen and oxygen atoms in total. The highest BCUT2D eigenvalue weighted by atomic mass is 16.3. The summed E-state index contributed by atoms with van der Waals surface area (Å²) in [6.07, 6.45) is 13.0. The predicted octanol–water partition coefficient (Wildman–Crippen LogP) is 7.27. The van der Waals surface area contributed by atoms with Crippen LogP contribution < -0.4 is 0 Å². The molecule has 2 unspecified atom stereocenters. The van der Waals surface area contributed by atoms with Crippen molar-refractivity contribution in [2.24, 2.45) is 40.4 Å². The summed E-state index contributed by atoms with van der Waals surface area (Å²) in [5.41, 5.74) is 4.19. The first-order chi connectivity index (χ1) is 14.6. The van der Waals surface area contributed by atoms with Crippen LogP contribution in [0.25, 0.3) is 0 Å². The van der Waals surface area contributed by atoms with Gasteiger partial charge in [0, 0.05) is 11.0 Å². The number of ketones is 1. The lowest BCUT2D eigenvalue weighted by atomic mass is 9.53. The lowest BCUT2D eigenvalue weighted by molar-refractivity contribution is -0.113. The van der Waals surface area contributed by atoms with Crippen LogP contribution in [0.4, 0.5) is 0 Å². The largest absolute Gasteiger partial charge is 0.393 e. The van der Waals surface area contributed by atoms with Crippen LogP contribution in [0.1, 0.15) is 106 Å². The topological polar surface area (TPSA) is 37.3 Å². The molecule has 0 saturated heterocycles. The molecule has 2 saturated carbocycles. The number of hydrogen-bond donors (Lipinski definition) is 1. The molecule has 2 heteroatoms. The fourth-order valence-electron chi connectivity index (χ4n) is 8.35. The lowest BCUT2D eigenvalue weighted by Gasteiger charge is -2.51. The molecule has 0 spiro atoms. The maximum atomic E-state index is 13.4. The van der Waals surface area contributed by atoms with Crippen LogP contribution >= 0.6 is 0 Å². The van der Waals surface area contributed by atoms with Crippen molar-refractivity contribution in [1.82, 2.24) is 0 Å². The van der Waals surface area contributed by atoms with E-state index in [1.54, 1.807) is 0 Å². The van der Waals surface area contributed by atoms with E-state index in [2.05, 4.69) is 41.5 Å². The summed E-state index contributed by atoms with van der Waals surface area (Å²) in [6, 6.07) is 0. The van der Waals surface area contributed by atoms with Gasteiger partial charge in [-0.25, -0.2) is 0 Å². The first-order valence-corrected chi connectivity index (χ1v) is 13.3. The number of hydrogen-bond acceptors (Lipinski definition) is 2. The highest BCUT2D eigenvalue weighted by Gasteiger charge is 2.56. The van der Waals surface area contributed by atoms with E-state index in [-0.39, 0.29) is 22.7 Å². The number of carbonyl (C=O) groups is 1. The van der Waals surface area contributed by atoms with Gasteiger partial charge in [-0.15, -0.1) is 0 Å². The maximum Gasteiger partial charge on any atom is 0.182 e. The van der Waals surface area contributed by atoms with E-state index in [0.29, 0.717) is 12.3 Å². The molecular formula is C29H46O2. The normalized spacial score (nSPS) is 39.7. The van der Waals surface area contributed by atoms with Gasteiger partial charge in [0.25, 0.3) is 0 Å². The molecule has 31 heavy (non-hydrogen) atoms. The van der Waals surface area contributed by atoms with Gasteiger partial charge in [-0.3, -0.25) is 4.79 Å². The molecule has 2 fully saturated rings. The second-order valence-electron chi connectivity index (χ2n) is 12.4. The SMILES string of the molecule is CC[C@H](CCC(C)[C@H]1CCC2C3=C(CC[C@@]21C)[C@@]1(C)CC[C@H](O)CC1=CC3=O)C(C)C. The molecule has 0 aliphatic heterocycles. The van der Waals surface area contributed by atoms with Gasteiger partial charge in [-0.2, -0.15) is 0 Å². The maximum absolute atomic E-state index is 13.4. The Kier molecular flexibility index (Phi) is 6.36. The molecule has 1 N–H and O–H groups in total. The molecule has 4 rings (SSSR count). The van der Waals surface area contributed by atoms with E-state index in [1.807, 2.05) is 6.08 Å². The summed E-state index contributed by atoms with van der Waals surface area (Å²) in [7, 11) is 0. The van der Waals surface area contributed by atoms with Crippen LogP contribution in [-0.4, -0.2) is 17.0 Å². The zero-order valence-electron chi connectivity index (χ0n) is 21.0. The third-order valence-corrected chi connectivity index (χ3v) is 10.5. The minimum absolute atomic E-state index is 0.0269. The van der Waals surface area contributed by atoms with Gasteiger partial charge in [-0.1, -0.05) is 65.5 Å². The average Bonchev–Trinajstić information content (AvgIpc) is 3.06. The van der Waals surface area contributed by atoms with Crippen molar-refractivity contribution in [3.8, 4) is 0 Å². The highest BCUT2D eigenvalue weighted by molar-refractivity contribution is 6.07. The summed E-state index contributed by atoms with van der Waals surface area (Å²) < 4.78 is 0. The van der Waals surface area contributed by atoms with Gasteiger partial charge in [-0.05, 0) is 92.4 Å². The summed E-state index contributed by atoms with van der Waals surface area (Å²) in [5, 5.41) is 10.2. The Morgan fingerprint density at radius 1 is 1.10 bits per heavy atom. The zero-order valence-corrected chi connectivity index (χ0v) is 21.0. The van der Waals surface area contributed by atoms with E-state index in [9.17, 15) is 9.90 Å². The molecule has 4 aliphatic carbocycles. The summed E-state index contributed by atoms with van der Waals surface area (Å²) in [6.45, 7) is 14.5. The number of rotatable bonds is 6. The van der Waals surface area contributed by atoms with Crippen molar-refractivity contribution in [1.29, 1.82) is 0 Å². The minimum atomic E-state index is -0.266. The third-order valence-electron chi connectivity index (χ3n) is 10.5. The van der Waals surface area contributed by atoms with E-state index < -0.39 is 0 Å². The van der Waals surface area contributed by atoms with E-state index in [4.69, 9.17) is 0 Å². The Morgan fingerprint density at radius 2 is 1.84 bits per heavy atom. The molecule has 0 radical (unpaired) electrons. The monoisotopic (exact) mass is 426 g/mol. The van der Waals surface area contributed by atoms with Gasteiger partial charge in [0.05, 0.1) is 6.10 Å². The quantitative estimate of drug-likeness (QED) is 0.485. The molecule has 0 amide bonds. The summed E-state index contributed by atoms with van der Waals surface area (Å²) in [5.74, 6) is 3.85. The molecule has 7 atom stereocenters. The number of fused-ring (bicyclic) bond motifs is 4. The highest BCUT2D eigenvalue weighted by Crippen LogP contribution is 2.64. The average molecular weight is 427 g/mol. The van der Waals surface area contributed by atoms with Gasteiger partial charge >= 0.3 is 0 Å². The molecule has 0 heterocycles. The Labute approximate surface area is 191 Å². The Hall–Kier alpha value is -0.890. The van der Waals surface area contributed by atoms with Crippen molar-refractivity contribution in [3.05, 3.63) is 22.8 Å². The van der Waals surface area contributed by atoms with Gasteiger partial charge in [0.2, 0.25) is 0 Å². The van der Waals surface area contributed by atoms with E-state index in [0.717, 1.165) is 42.9 Å². The first-order valence-electron chi connectivity index (χ1n) is 13.3. The van der Waals surface area contributed by atoms with Crippen molar-refractivity contribution in [3.63, 3.8) is 0 Å². The van der Waals surface area contributed by atoms with Gasteiger partial charge in [0.1, 0.15) is 0 Å². The van der Waals surface area contributed by atoms with Crippen LogP contribution in [0.2, 0.25) is 0 Å². The number of aliphatic hydroxyl groups is 1. The molecule has 174 valence electrons. The fraction of sp³-hybridized carbons (Fsp3) is 0.828. The van der Waals surface area contributed by atoms with Crippen LogP contribution in [-0.2, 0) is 4.79 Å². The number of aliphatic hydroxyl groups excluding tert-OH is 1. The van der Waals surface area contributed by atoms with Crippen LogP contribution in [0.3, 0.4) is 0 Å². The number of carbonyl (C=O) groups excluding carboxylic acids is 1. The third kappa shape index (κ3) is 3.79. The lowest BCUT2D eigenvalue weighted by Crippen LogP contribution is -2.44. The van der Waals surface area contributed by atoms with Crippen molar-refractivity contribution >= 4 is 5.78 Å². The standard InChI is InChI=1S/C29H46O2/c1-7-20(18(2)3)9-8-19(4)23-10-11-24-27-25(13-15-29(23,24)6)28(5)14-12-22(30)16-21(28)17-26(27)31/h17-20,22-24,30H,7-16H2,1-6H3/t19?,20-,22+,23-,24?,28+,29-/m1/s1. The van der Waals surface area contributed by atoms with Gasteiger partial charge < -0.3 is 5.11 Å².